The summed E-state index contributed by atoms with van der Waals surface area (Å²) in [4.78, 5) is 25.7. The van der Waals surface area contributed by atoms with Gasteiger partial charge in [0.25, 0.3) is 5.91 Å². The Balaban J connectivity index is 2.03. The van der Waals surface area contributed by atoms with Gasteiger partial charge in [-0.15, -0.1) is 0 Å². The number of benzene rings is 2. The van der Waals surface area contributed by atoms with Gasteiger partial charge in [0.1, 0.15) is 0 Å². The third-order valence-corrected chi connectivity index (χ3v) is 4.28. The SMILES string of the molecule is CCN(CC)Cc1ccccc1CNC(=O)c1ccc(C(N)=O)cc1. The molecule has 2 rings (SSSR count). The number of nitrogens with two attached hydrogens (primary N) is 1. The molecule has 2 aromatic carbocycles. The molecule has 0 heterocycles. The van der Waals surface area contributed by atoms with E-state index < -0.39 is 5.91 Å². The molecule has 0 fully saturated rings. The van der Waals surface area contributed by atoms with E-state index in [9.17, 15) is 9.59 Å². The van der Waals surface area contributed by atoms with Gasteiger partial charge in [0.15, 0.2) is 0 Å². The monoisotopic (exact) mass is 339 g/mol. The minimum Gasteiger partial charge on any atom is -0.366 e. The molecule has 5 heteroatoms. The summed E-state index contributed by atoms with van der Waals surface area (Å²) in [5.41, 5.74) is 8.43. The molecular formula is C20H25N3O2. The topological polar surface area (TPSA) is 75.4 Å². The second-order valence-corrected chi connectivity index (χ2v) is 5.85. The predicted molar refractivity (Wildman–Crippen MR) is 99.2 cm³/mol. The number of carbonyl (C=O) groups is 2. The first-order chi connectivity index (χ1) is 12.0. The van der Waals surface area contributed by atoms with Crippen molar-refractivity contribution in [1.29, 1.82) is 0 Å². The zero-order valence-corrected chi connectivity index (χ0v) is 14.8. The zero-order chi connectivity index (χ0) is 18.2. The average Bonchev–Trinajstić information content (AvgIpc) is 2.65. The van der Waals surface area contributed by atoms with Gasteiger partial charge < -0.3 is 11.1 Å². The van der Waals surface area contributed by atoms with E-state index in [1.165, 1.54) is 5.56 Å². The molecule has 5 nitrogen and oxygen atoms in total. The summed E-state index contributed by atoms with van der Waals surface area (Å²) in [7, 11) is 0. The summed E-state index contributed by atoms with van der Waals surface area (Å²) in [6, 6.07) is 14.5. The molecule has 0 bridgehead atoms. The normalized spacial score (nSPS) is 10.7. The van der Waals surface area contributed by atoms with E-state index in [0.29, 0.717) is 17.7 Å². The van der Waals surface area contributed by atoms with Crippen molar-refractivity contribution in [1.82, 2.24) is 10.2 Å². The maximum Gasteiger partial charge on any atom is 0.251 e. The zero-order valence-electron chi connectivity index (χ0n) is 14.8. The Labute approximate surface area is 148 Å². The van der Waals surface area contributed by atoms with Crippen LogP contribution in [-0.4, -0.2) is 29.8 Å². The average molecular weight is 339 g/mol. The van der Waals surface area contributed by atoms with E-state index in [0.717, 1.165) is 25.2 Å². The lowest BCUT2D eigenvalue weighted by molar-refractivity contribution is 0.0948. The maximum atomic E-state index is 12.3. The van der Waals surface area contributed by atoms with E-state index in [1.54, 1.807) is 24.3 Å². The van der Waals surface area contributed by atoms with Crippen LogP contribution in [0.15, 0.2) is 48.5 Å². The van der Waals surface area contributed by atoms with Crippen LogP contribution in [0.1, 0.15) is 45.7 Å². The molecular weight excluding hydrogens is 314 g/mol. The van der Waals surface area contributed by atoms with Gasteiger partial charge in [0.05, 0.1) is 0 Å². The number of nitrogens with zero attached hydrogens (tertiary/aromatic N) is 1. The Morgan fingerprint density at radius 1 is 0.920 bits per heavy atom. The van der Waals surface area contributed by atoms with Crippen molar-refractivity contribution in [2.75, 3.05) is 13.1 Å². The maximum absolute atomic E-state index is 12.3. The lowest BCUT2D eigenvalue weighted by Crippen LogP contribution is -2.26. The highest BCUT2D eigenvalue weighted by Gasteiger charge is 2.10. The summed E-state index contributed by atoms with van der Waals surface area (Å²) in [6.45, 7) is 7.60. The van der Waals surface area contributed by atoms with Gasteiger partial charge in [-0.05, 0) is 48.5 Å². The largest absolute Gasteiger partial charge is 0.366 e. The van der Waals surface area contributed by atoms with Gasteiger partial charge in [-0.2, -0.15) is 0 Å². The summed E-state index contributed by atoms with van der Waals surface area (Å²) >= 11 is 0. The molecule has 132 valence electrons. The van der Waals surface area contributed by atoms with Gasteiger partial charge in [-0.25, -0.2) is 0 Å². The molecule has 0 aliphatic carbocycles. The molecule has 0 aliphatic rings. The van der Waals surface area contributed by atoms with Crippen molar-refractivity contribution in [3.63, 3.8) is 0 Å². The van der Waals surface area contributed by atoms with Gasteiger partial charge >= 0.3 is 0 Å². The third kappa shape index (κ3) is 5.16. The highest BCUT2D eigenvalue weighted by Crippen LogP contribution is 2.12. The first-order valence-corrected chi connectivity index (χ1v) is 8.52. The van der Waals surface area contributed by atoms with Crippen molar-refractivity contribution < 1.29 is 9.59 Å². The molecule has 0 atom stereocenters. The van der Waals surface area contributed by atoms with Crippen LogP contribution in [0.2, 0.25) is 0 Å². The Morgan fingerprint density at radius 2 is 1.48 bits per heavy atom. The first-order valence-electron chi connectivity index (χ1n) is 8.52. The molecule has 2 aromatic rings. The van der Waals surface area contributed by atoms with Crippen LogP contribution < -0.4 is 11.1 Å². The highest BCUT2D eigenvalue weighted by molar-refractivity contribution is 5.97. The molecule has 25 heavy (non-hydrogen) atoms. The molecule has 0 aliphatic heterocycles. The highest BCUT2D eigenvalue weighted by atomic mass is 16.2. The second-order valence-electron chi connectivity index (χ2n) is 5.85. The molecule has 0 saturated heterocycles. The second kappa shape index (κ2) is 8.99. The number of hydrogen-bond acceptors (Lipinski definition) is 3. The fourth-order valence-electron chi connectivity index (χ4n) is 2.64. The van der Waals surface area contributed by atoms with Crippen LogP contribution in [0, 0.1) is 0 Å². The Hall–Kier alpha value is -2.66. The molecule has 2 amide bonds. The van der Waals surface area contributed by atoms with Gasteiger partial charge in [-0.3, -0.25) is 14.5 Å². The molecule has 3 N–H and O–H groups in total. The summed E-state index contributed by atoms with van der Waals surface area (Å²) in [6.07, 6.45) is 0. The van der Waals surface area contributed by atoms with Crippen LogP contribution in [0.3, 0.4) is 0 Å². The number of hydrogen-bond donors (Lipinski definition) is 2. The smallest absolute Gasteiger partial charge is 0.251 e. The Kier molecular flexibility index (Phi) is 6.71. The third-order valence-electron chi connectivity index (χ3n) is 4.28. The Bertz CT molecular complexity index is 722. The molecule has 0 aromatic heterocycles. The van der Waals surface area contributed by atoms with E-state index in [2.05, 4.69) is 30.1 Å². The van der Waals surface area contributed by atoms with E-state index >= 15 is 0 Å². The van der Waals surface area contributed by atoms with Crippen molar-refractivity contribution in [3.8, 4) is 0 Å². The predicted octanol–water partition coefficient (Wildman–Crippen LogP) is 2.56. The summed E-state index contributed by atoms with van der Waals surface area (Å²) in [5.74, 6) is -0.675. The first kappa shape index (κ1) is 18.7. The Morgan fingerprint density at radius 3 is 2.04 bits per heavy atom. The summed E-state index contributed by atoms with van der Waals surface area (Å²) in [5, 5.41) is 2.94. The van der Waals surface area contributed by atoms with Crippen LogP contribution in [-0.2, 0) is 13.1 Å². The number of primary amides is 1. The van der Waals surface area contributed by atoms with Crippen LogP contribution in [0.25, 0.3) is 0 Å². The lowest BCUT2D eigenvalue weighted by atomic mass is 10.1. The van der Waals surface area contributed by atoms with Crippen molar-refractivity contribution in [3.05, 3.63) is 70.8 Å². The van der Waals surface area contributed by atoms with Gasteiger partial charge in [0.2, 0.25) is 5.91 Å². The van der Waals surface area contributed by atoms with E-state index in [4.69, 9.17) is 5.73 Å². The number of amides is 2. The van der Waals surface area contributed by atoms with Gasteiger partial charge in [-0.1, -0.05) is 38.1 Å². The van der Waals surface area contributed by atoms with Crippen molar-refractivity contribution >= 4 is 11.8 Å². The molecule has 0 radical (unpaired) electrons. The van der Waals surface area contributed by atoms with E-state index in [-0.39, 0.29) is 5.91 Å². The number of nitrogens with one attached hydrogen (secondary N) is 1. The number of carbonyl (C=O) groups excluding carboxylic acids is 2. The molecule has 0 spiro atoms. The number of rotatable bonds is 8. The van der Waals surface area contributed by atoms with Crippen LogP contribution in [0.4, 0.5) is 0 Å². The van der Waals surface area contributed by atoms with Gasteiger partial charge in [0, 0.05) is 24.2 Å². The summed E-state index contributed by atoms with van der Waals surface area (Å²) < 4.78 is 0. The molecule has 0 saturated carbocycles. The van der Waals surface area contributed by atoms with Crippen LogP contribution >= 0.6 is 0 Å². The minimum atomic E-state index is -0.503. The molecule has 0 unspecified atom stereocenters. The van der Waals surface area contributed by atoms with Crippen LogP contribution in [0.5, 0.6) is 0 Å². The fourth-order valence-corrected chi connectivity index (χ4v) is 2.64. The standard InChI is InChI=1S/C20H25N3O2/c1-3-23(4-2)14-18-8-6-5-7-17(18)13-22-20(25)16-11-9-15(10-12-16)19(21)24/h5-12H,3-4,13-14H2,1-2H3,(H2,21,24)(H,22,25). The van der Waals surface area contributed by atoms with E-state index in [1.807, 2.05) is 18.2 Å². The lowest BCUT2D eigenvalue weighted by Gasteiger charge is -2.20. The van der Waals surface area contributed by atoms with Crippen molar-refractivity contribution in [2.45, 2.75) is 26.9 Å². The quantitative estimate of drug-likeness (QED) is 0.776. The fraction of sp³-hybridized carbons (Fsp3) is 0.300. The van der Waals surface area contributed by atoms with Crippen molar-refractivity contribution in [2.24, 2.45) is 5.73 Å². The minimum absolute atomic E-state index is 0.173.